The van der Waals surface area contributed by atoms with Crippen molar-refractivity contribution in [2.75, 3.05) is 6.54 Å². The predicted molar refractivity (Wildman–Crippen MR) is 110 cm³/mol. The number of amides is 1. The molecule has 6 heteroatoms. The van der Waals surface area contributed by atoms with Gasteiger partial charge in [-0.3, -0.25) is 4.79 Å². The van der Waals surface area contributed by atoms with E-state index in [0.717, 1.165) is 17.8 Å². The molecule has 5 nitrogen and oxygen atoms in total. The van der Waals surface area contributed by atoms with Gasteiger partial charge in [0.2, 0.25) is 5.91 Å². The molecule has 1 aromatic rings. The maximum absolute atomic E-state index is 12.1. The first kappa shape index (κ1) is 21.8. The molecular formula is C22H25NO4S. The Kier molecular flexibility index (Phi) is 8.32. The largest absolute Gasteiger partial charge is 0.477 e. The summed E-state index contributed by atoms with van der Waals surface area (Å²) < 4.78 is 0. The van der Waals surface area contributed by atoms with Crippen LogP contribution in [0.3, 0.4) is 0 Å². The van der Waals surface area contributed by atoms with Crippen LogP contribution < -0.4 is 0 Å². The smallest absolute Gasteiger partial charge is 0.345 e. The summed E-state index contributed by atoms with van der Waals surface area (Å²) >= 11 is 1.12. The molecular weight excluding hydrogens is 374 g/mol. The number of hydrogen-bond acceptors (Lipinski definition) is 4. The molecule has 28 heavy (non-hydrogen) atoms. The number of hydrogen-bond donors (Lipinski definition) is 2. The molecule has 2 rings (SSSR count). The number of carboxylic acids is 1. The van der Waals surface area contributed by atoms with Crippen LogP contribution in [0.15, 0.2) is 24.3 Å². The SMILES string of the molecule is CCC#CCC(C)C(O)C=CC1CCC(=O)N1CC#Cc1ccc(C(=O)O)s1. The Morgan fingerprint density at radius 1 is 1.39 bits per heavy atom. The molecule has 0 bridgehead atoms. The lowest BCUT2D eigenvalue weighted by Gasteiger charge is -2.20. The molecule has 1 aliphatic rings. The second kappa shape index (κ2) is 10.7. The minimum Gasteiger partial charge on any atom is -0.477 e. The zero-order valence-corrected chi connectivity index (χ0v) is 17.0. The minimum absolute atomic E-state index is 0.0305. The van der Waals surface area contributed by atoms with Crippen LogP contribution in [-0.4, -0.2) is 45.7 Å². The Morgan fingerprint density at radius 3 is 2.86 bits per heavy atom. The highest BCUT2D eigenvalue weighted by Gasteiger charge is 2.28. The van der Waals surface area contributed by atoms with Gasteiger partial charge in [-0.05, 0) is 24.5 Å². The van der Waals surface area contributed by atoms with Crippen molar-refractivity contribution in [1.29, 1.82) is 0 Å². The molecule has 2 N–H and O–H groups in total. The van der Waals surface area contributed by atoms with Crippen LogP contribution in [0.5, 0.6) is 0 Å². The van der Waals surface area contributed by atoms with Crippen LogP contribution in [0.2, 0.25) is 0 Å². The minimum atomic E-state index is -0.966. The van der Waals surface area contributed by atoms with E-state index in [1.54, 1.807) is 17.0 Å². The van der Waals surface area contributed by atoms with Crippen molar-refractivity contribution in [3.05, 3.63) is 34.0 Å². The summed E-state index contributed by atoms with van der Waals surface area (Å²) in [5, 5.41) is 19.2. The molecule has 1 aromatic heterocycles. The molecule has 2 heterocycles. The number of carbonyl (C=O) groups excluding carboxylic acids is 1. The Balaban J connectivity index is 1.95. The number of likely N-dealkylation sites (tertiary alicyclic amines) is 1. The third-order valence-electron chi connectivity index (χ3n) is 4.49. The van der Waals surface area contributed by atoms with Gasteiger partial charge < -0.3 is 15.1 Å². The second-order valence-electron chi connectivity index (χ2n) is 6.66. The van der Waals surface area contributed by atoms with E-state index < -0.39 is 12.1 Å². The van der Waals surface area contributed by atoms with E-state index in [-0.39, 0.29) is 29.3 Å². The summed E-state index contributed by atoms with van der Waals surface area (Å²) in [6, 6.07) is 3.11. The number of nitrogens with zero attached hydrogens (tertiary/aromatic N) is 1. The number of aliphatic hydroxyl groups excluding tert-OH is 1. The summed E-state index contributed by atoms with van der Waals surface area (Å²) in [6.45, 7) is 4.22. The Labute approximate surface area is 170 Å². The van der Waals surface area contributed by atoms with Gasteiger partial charge in [-0.1, -0.05) is 37.8 Å². The fourth-order valence-corrected chi connectivity index (χ4v) is 3.52. The van der Waals surface area contributed by atoms with E-state index in [0.29, 0.717) is 24.1 Å². The average molecular weight is 400 g/mol. The van der Waals surface area contributed by atoms with Crippen molar-refractivity contribution >= 4 is 23.2 Å². The monoisotopic (exact) mass is 399 g/mol. The van der Waals surface area contributed by atoms with E-state index in [1.165, 1.54) is 6.07 Å². The molecule has 1 fully saturated rings. The first-order valence-corrected chi connectivity index (χ1v) is 10.2. The molecule has 0 radical (unpaired) electrons. The lowest BCUT2D eigenvalue weighted by Crippen LogP contribution is -2.32. The lowest BCUT2D eigenvalue weighted by molar-refractivity contribution is -0.127. The van der Waals surface area contributed by atoms with E-state index >= 15 is 0 Å². The fraction of sp³-hybridized carbons (Fsp3) is 0.455. The van der Waals surface area contributed by atoms with Crippen molar-refractivity contribution in [1.82, 2.24) is 4.90 Å². The van der Waals surface area contributed by atoms with Crippen molar-refractivity contribution in [3.8, 4) is 23.7 Å². The fourth-order valence-electron chi connectivity index (χ4n) is 2.80. The van der Waals surface area contributed by atoms with Crippen molar-refractivity contribution < 1.29 is 19.8 Å². The van der Waals surface area contributed by atoms with Gasteiger partial charge in [-0.25, -0.2) is 4.79 Å². The van der Waals surface area contributed by atoms with Gasteiger partial charge in [-0.15, -0.1) is 23.2 Å². The number of aliphatic hydroxyl groups is 1. The highest BCUT2D eigenvalue weighted by atomic mass is 32.1. The number of carboxylic acid groups (broad SMARTS) is 1. The molecule has 3 atom stereocenters. The number of thiophene rings is 1. The number of carbonyl (C=O) groups is 2. The van der Waals surface area contributed by atoms with Gasteiger partial charge in [0.15, 0.2) is 0 Å². The van der Waals surface area contributed by atoms with Crippen LogP contribution in [0.4, 0.5) is 0 Å². The number of aromatic carboxylic acids is 1. The van der Waals surface area contributed by atoms with Crippen LogP contribution in [-0.2, 0) is 4.79 Å². The van der Waals surface area contributed by atoms with E-state index in [1.807, 2.05) is 19.9 Å². The number of rotatable bonds is 6. The van der Waals surface area contributed by atoms with Gasteiger partial charge in [0.05, 0.1) is 23.6 Å². The van der Waals surface area contributed by atoms with Gasteiger partial charge >= 0.3 is 5.97 Å². The summed E-state index contributed by atoms with van der Waals surface area (Å²) in [4.78, 5) is 25.7. The third kappa shape index (κ3) is 6.27. The van der Waals surface area contributed by atoms with Gasteiger partial charge in [0.25, 0.3) is 0 Å². The molecule has 1 amide bonds. The Morgan fingerprint density at radius 2 is 2.18 bits per heavy atom. The highest BCUT2D eigenvalue weighted by molar-refractivity contribution is 7.14. The van der Waals surface area contributed by atoms with Crippen LogP contribution in [0.25, 0.3) is 0 Å². The molecule has 0 aliphatic carbocycles. The predicted octanol–water partition coefficient (Wildman–Crippen LogP) is 3.15. The standard InChI is InChI=1S/C22H25NO4S/c1-3-4-5-7-16(2)19(24)12-9-17-10-14-21(25)23(17)15-6-8-18-11-13-20(28-18)22(26)27/h9,11-13,16-17,19,24H,3,7,10,14-15H2,1-2H3,(H,26,27). The lowest BCUT2D eigenvalue weighted by atomic mass is 10.00. The quantitative estimate of drug-likeness (QED) is 0.569. The van der Waals surface area contributed by atoms with Crippen molar-refractivity contribution in [3.63, 3.8) is 0 Å². The molecule has 0 saturated carbocycles. The molecule has 0 spiro atoms. The van der Waals surface area contributed by atoms with Crippen LogP contribution in [0, 0.1) is 29.6 Å². The summed E-state index contributed by atoms with van der Waals surface area (Å²) in [6.07, 6.45) is 5.65. The molecule has 1 saturated heterocycles. The van der Waals surface area contributed by atoms with E-state index in [2.05, 4.69) is 23.7 Å². The highest BCUT2D eigenvalue weighted by Crippen LogP contribution is 2.21. The third-order valence-corrected chi connectivity index (χ3v) is 5.48. The van der Waals surface area contributed by atoms with Crippen molar-refractivity contribution in [2.45, 2.75) is 51.7 Å². The maximum Gasteiger partial charge on any atom is 0.345 e. The van der Waals surface area contributed by atoms with Crippen molar-refractivity contribution in [2.24, 2.45) is 5.92 Å². The van der Waals surface area contributed by atoms with Crippen LogP contribution in [0.1, 0.15) is 54.1 Å². The van der Waals surface area contributed by atoms with E-state index in [9.17, 15) is 14.7 Å². The Bertz CT molecular complexity index is 849. The average Bonchev–Trinajstić information content (AvgIpc) is 3.27. The first-order valence-electron chi connectivity index (χ1n) is 9.36. The molecule has 148 valence electrons. The summed E-state index contributed by atoms with van der Waals surface area (Å²) in [5.41, 5.74) is 0. The molecule has 1 aliphatic heterocycles. The molecule has 0 aromatic carbocycles. The maximum atomic E-state index is 12.1. The summed E-state index contributed by atoms with van der Waals surface area (Å²) in [5.74, 6) is 11.0. The Hall–Kier alpha value is -2.54. The van der Waals surface area contributed by atoms with Gasteiger partial charge in [0.1, 0.15) is 4.88 Å². The first-order chi connectivity index (χ1) is 13.4. The zero-order chi connectivity index (χ0) is 20.5. The summed E-state index contributed by atoms with van der Waals surface area (Å²) in [7, 11) is 0. The topological polar surface area (TPSA) is 77.8 Å². The van der Waals surface area contributed by atoms with Gasteiger partial charge in [0, 0.05) is 19.3 Å². The van der Waals surface area contributed by atoms with Crippen LogP contribution >= 0.6 is 11.3 Å². The second-order valence-corrected chi connectivity index (χ2v) is 7.75. The van der Waals surface area contributed by atoms with Gasteiger partial charge in [-0.2, -0.15) is 0 Å². The molecule has 3 unspecified atom stereocenters. The normalized spacial score (nSPS) is 18.3. The zero-order valence-electron chi connectivity index (χ0n) is 16.1. The van der Waals surface area contributed by atoms with E-state index in [4.69, 9.17) is 5.11 Å².